The third-order valence-corrected chi connectivity index (χ3v) is 2.75. The SMILES string of the molecule is Cc1nc(Nc2c(F)cc(F)cc2Cl)ncc1C(=O)O. The van der Waals surface area contributed by atoms with Gasteiger partial charge < -0.3 is 10.4 Å². The first-order valence-electron chi connectivity index (χ1n) is 5.37. The van der Waals surface area contributed by atoms with Gasteiger partial charge in [0.1, 0.15) is 5.82 Å². The Labute approximate surface area is 117 Å². The Balaban J connectivity index is 2.36. The number of nitrogens with one attached hydrogen (secondary N) is 1. The van der Waals surface area contributed by atoms with Gasteiger partial charge in [0.25, 0.3) is 0 Å². The predicted molar refractivity (Wildman–Crippen MR) is 68.4 cm³/mol. The minimum absolute atomic E-state index is 0.0418. The highest BCUT2D eigenvalue weighted by atomic mass is 35.5. The lowest BCUT2D eigenvalue weighted by molar-refractivity contribution is 0.0695. The van der Waals surface area contributed by atoms with Crippen LogP contribution in [0.5, 0.6) is 0 Å². The van der Waals surface area contributed by atoms with Crippen molar-refractivity contribution >= 4 is 29.2 Å². The summed E-state index contributed by atoms with van der Waals surface area (Å²) in [4.78, 5) is 18.4. The molecule has 2 N–H and O–H groups in total. The molecular formula is C12H8ClF2N3O2. The summed E-state index contributed by atoms with van der Waals surface area (Å²) < 4.78 is 26.5. The van der Waals surface area contributed by atoms with E-state index in [1.807, 2.05) is 0 Å². The number of anilines is 2. The number of hydrogen-bond donors (Lipinski definition) is 2. The van der Waals surface area contributed by atoms with Crippen LogP contribution in [0, 0.1) is 18.6 Å². The number of carboxylic acids is 1. The van der Waals surface area contributed by atoms with Crippen LogP contribution in [0.1, 0.15) is 16.1 Å². The standard InChI is InChI=1S/C12H8ClF2N3O2/c1-5-7(11(19)20)4-16-12(17-5)18-10-8(13)2-6(14)3-9(10)15/h2-4H,1H3,(H,19,20)(H,16,17,18). The Hall–Kier alpha value is -2.28. The van der Waals surface area contributed by atoms with Crippen LogP contribution in [0.2, 0.25) is 5.02 Å². The first-order chi connectivity index (χ1) is 9.38. The number of carbonyl (C=O) groups is 1. The van der Waals surface area contributed by atoms with E-state index in [-0.39, 0.29) is 27.9 Å². The third kappa shape index (κ3) is 2.83. The van der Waals surface area contributed by atoms with Crippen molar-refractivity contribution in [3.8, 4) is 0 Å². The molecule has 0 aliphatic carbocycles. The minimum Gasteiger partial charge on any atom is -0.478 e. The molecule has 104 valence electrons. The van der Waals surface area contributed by atoms with Crippen LogP contribution in [-0.4, -0.2) is 21.0 Å². The van der Waals surface area contributed by atoms with Gasteiger partial charge in [-0.05, 0) is 13.0 Å². The number of aryl methyl sites for hydroxylation is 1. The molecule has 0 fully saturated rings. The molecule has 0 aliphatic rings. The second kappa shape index (κ2) is 5.38. The molecule has 2 rings (SSSR count). The number of halogens is 3. The van der Waals surface area contributed by atoms with Crippen LogP contribution in [0.15, 0.2) is 18.3 Å². The second-order valence-corrected chi connectivity index (χ2v) is 4.27. The van der Waals surface area contributed by atoms with E-state index in [4.69, 9.17) is 16.7 Å². The molecule has 0 spiro atoms. The average Bonchev–Trinajstić information content (AvgIpc) is 2.33. The van der Waals surface area contributed by atoms with E-state index in [0.717, 1.165) is 12.3 Å². The van der Waals surface area contributed by atoms with Gasteiger partial charge in [-0.2, -0.15) is 0 Å². The average molecular weight is 300 g/mol. The van der Waals surface area contributed by atoms with Gasteiger partial charge in [0.05, 0.1) is 22.0 Å². The van der Waals surface area contributed by atoms with Gasteiger partial charge in [0, 0.05) is 12.3 Å². The Morgan fingerprint density at radius 2 is 2.10 bits per heavy atom. The third-order valence-electron chi connectivity index (χ3n) is 2.45. The van der Waals surface area contributed by atoms with Crippen LogP contribution in [-0.2, 0) is 0 Å². The van der Waals surface area contributed by atoms with Crippen molar-refractivity contribution in [2.75, 3.05) is 5.32 Å². The topological polar surface area (TPSA) is 75.1 Å². The molecule has 20 heavy (non-hydrogen) atoms. The van der Waals surface area contributed by atoms with Crippen LogP contribution in [0.25, 0.3) is 0 Å². The van der Waals surface area contributed by atoms with E-state index in [1.54, 1.807) is 0 Å². The summed E-state index contributed by atoms with van der Waals surface area (Å²) in [6, 6.07) is 1.60. The summed E-state index contributed by atoms with van der Waals surface area (Å²) in [6.45, 7) is 1.47. The fourth-order valence-corrected chi connectivity index (χ4v) is 1.75. The van der Waals surface area contributed by atoms with Gasteiger partial charge in [0.15, 0.2) is 5.82 Å². The zero-order valence-corrected chi connectivity index (χ0v) is 10.9. The van der Waals surface area contributed by atoms with Gasteiger partial charge in [-0.3, -0.25) is 0 Å². The number of carboxylic acid groups (broad SMARTS) is 1. The number of aromatic carboxylic acids is 1. The smallest absolute Gasteiger partial charge is 0.339 e. The molecule has 0 unspecified atom stereocenters. The summed E-state index contributed by atoms with van der Waals surface area (Å²) in [5.74, 6) is -2.92. The maximum atomic E-state index is 13.6. The fraction of sp³-hybridized carbons (Fsp3) is 0.0833. The summed E-state index contributed by atoms with van der Waals surface area (Å²) in [5, 5.41) is 11.2. The van der Waals surface area contributed by atoms with Crippen molar-refractivity contribution < 1.29 is 18.7 Å². The second-order valence-electron chi connectivity index (χ2n) is 3.87. The number of rotatable bonds is 3. The van der Waals surface area contributed by atoms with Crippen molar-refractivity contribution in [3.63, 3.8) is 0 Å². The molecule has 0 atom stereocenters. The Morgan fingerprint density at radius 3 is 2.65 bits per heavy atom. The van der Waals surface area contributed by atoms with Gasteiger partial charge in [-0.25, -0.2) is 23.5 Å². The summed E-state index contributed by atoms with van der Waals surface area (Å²) in [6.07, 6.45) is 1.09. The summed E-state index contributed by atoms with van der Waals surface area (Å²) in [5.41, 5.74) is -0.0505. The zero-order chi connectivity index (χ0) is 14.9. The van der Waals surface area contributed by atoms with Crippen molar-refractivity contribution in [1.82, 2.24) is 9.97 Å². The van der Waals surface area contributed by atoms with Crippen LogP contribution < -0.4 is 5.32 Å². The number of nitrogens with zero attached hydrogens (tertiary/aromatic N) is 2. The van der Waals surface area contributed by atoms with Gasteiger partial charge in [0.2, 0.25) is 5.95 Å². The monoisotopic (exact) mass is 299 g/mol. The van der Waals surface area contributed by atoms with E-state index >= 15 is 0 Å². The largest absolute Gasteiger partial charge is 0.478 e. The molecule has 1 heterocycles. The highest BCUT2D eigenvalue weighted by molar-refractivity contribution is 6.33. The van der Waals surface area contributed by atoms with Crippen molar-refractivity contribution in [2.24, 2.45) is 0 Å². The molecule has 0 aliphatic heterocycles. The van der Waals surface area contributed by atoms with Gasteiger partial charge in [-0.15, -0.1) is 0 Å². The van der Waals surface area contributed by atoms with Crippen LogP contribution >= 0.6 is 11.6 Å². The Morgan fingerprint density at radius 1 is 1.40 bits per heavy atom. The van der Waals surface area contributed by atoms with Gasteiger partial charge >= 0.3 is 5.97 Å². The van der Waals surface area contributed by atoms with E-state index in [9.17, 15) is 13.6 Å². The molecule has 0 radical (unpaired) electrons. The number of hydrogen-bond acceptors (Lipinski definition) is 4. The highest BCUT2D eigenvalue weighted by Gasteiger charge is 2.14. The number of benzene rings is 1. The lowest BCUT2D eigenvalue weighted by atomic mass is 10.2. The van der Waals surface area contributed by atoms with Crippen molar-refractivity contribution in [3.05, 3.63) is 46.2 Å². The maximum Gasteiger partial charge on any atom is 0.339 e. The summed E-state index contributed by atoms with van der Waals surface area (Å²) >= 11 is 5.71. The van der Waals surface area contributed by atoms with Gasteiger partial charge in [-0.1, -0.05) is 11.6 Å². The molecule has 1 aromatic heterocycles. The first kappa shape index (κ1) is 14.1. The fourth-order valence-electron chi connectivity index (χ4n) is 1.51. The molecule has 8 heteroatoms. The molecule has 1 aromatic carbocycles. The minimum atomic E-state index is -1.17. The predicted octanol–water partition coefficient (Wildman–Crippen LogP) is 3.16. The quantitative estimate of drug-likeness (QED) is 0.910. The number of aromatic nitrogens is 2. The molecule has 2 aromatic rings. The van der Waals surface area contributed by atoms with E-state index in [0.29, 0.717) is 6.07 Å². The molecule has 0 saturated carbocycles. The molecule has 5 nitrogen and oxygen atoms in total. The molecular weight excluding hydrogens is 292 g/mol. The highest BCUT2D eigenvalue weighted by Crippen LogP contribution is 2.28. The maximum absolute atomic E-state index is 13.6. The molecule has 0 amide bonds. The van der Waals surface area contributed by atoms with E-state index < -0.39 is 17.6 Å². The molecule has 0 saturated heterocycles. The normalized spacial score (nSPS) is 10.4. The zero-order valence-electron chi connectivity index (χ0n) is 10.1. The van der Waals surface area contributed by atoms with E-state index in [2.05, 4.69) is 15.3 Å². The Kier molecular flexibility index (Phi) is 3.80. The Bertz CT molecular complexity index is 671. The van der Waals surface area contributed by atoms with Crippen molar-refractivity contribution in [1.29, 1.82) is 0 Å². The van der Waals surface area contributed by atoms with Crippen LogP contribution in [0.3, 0.4) is 0 Å². The lowest BCUT2D eigenvalue weighted by Gasteiger charge is -2.09. The summed E-state index contributed by atoms with van der Waals surface area (Å²) in [7, 11) is 0. The van der Waals surface area contributed by atoms with E-state index in [1.165, 1.54) is 6.92 Å². The first-order valence-corrected chi connectivity index (χ1v) is 5.75. The van der Waals surface area contributed by atoms with Crippen LogP contribution in [0.4, 0.5) is 20.4 Å². The molecule has 0 bridgehead atoms. The van der Waals surface area contributed by atoms with Crippen molar-refractivity contribution in [2.45, 2.75) is 6.92 Å². The lowest BCUT2D eigenvalue weighted by Crippen LogP contribution is -2.07.